The number of hydrogen-bond acceptors (Lipinski definition) is 2. The summed E-state index contributed by atoms with van der Waals surface area (Å²) >= 11 is 0. The first-order chi connectivity index (χ1) is 11.2. The summed E-state index contributed by atoms with van der Waals surface area (Å²) in [5.74, 6) is 2.99. The van der Waals surface area contributed by atoms with Gasteiger partial charge < -0.3 is 9.84 Å². The normalized spacial score (nSPS) is 39.1. The van der Waals surface area contributed by atoms with Gasteiger partial charge in [-0.25, -0.2) is 0 Å². The van der Waals surface area contributed by atoms with E-state index in [-0.39, 0.29) is 11.5 Å². The first-order valence-corrected chi connectivity index (χ1v) is 9.46. The van der Waals surface area contributed by atoms with Gasteiger partial charge in [0.05, 0.1) is 13.2 Å². The highest BCUT2D eigenvalue weighted by Crippen LogP contribution is 2.61. The molecule has 2 saturated carbocycles. The number of ether oxygens (including phenoxy) is 1. The number of aliphatic hydroxyl groups excluding tert-OH is 1. The Kier molecular flexibility index (Phi) is 3.91. The maximum absolute atomic E-state index is 10.8. The van der Waals surface area contributed by atoms with Crippen molar-refractivity contribution < 1.29 is 9.84 Å². The molecule has 1 unspecified atom stereocenters. The predicted octanol–water partition coefficient (Wildman–Crippen LogP) is 4.49. The molecule has 3 aliphatic rings. The van der Waals surface area contributed by atoms with E-state index in [4.69, 9.17) is 4.74 Å². The van der Waals surface area contributed by atoms with E-state index in [1.807, 2.05) is 0 Å². The van der Waals surface area contributed by atoms with Gasteiger partial charge in [-0.05, 0) is 91.4 Å². The van der Waals surface area contributed by atoms with Crippen LogP contribution in [0.2, 0.25) is 0 Å². The highest BCUT2D eigenvalue weighted by molar-refractivity contribution is 5.40. The molecule has 1 radical (unpaired) electrons. The summed E-state index contributed by atoms with van der Waals surface area (Å²) in [5, 5.41) is 10.8. The van der Waals surface area contributed by atoms with Crippen molar-refractivity contribution in [3.8, 4) is 5.75 Å². The Labute approximate surface area is 140 Å². The third kappa shape index (κ3) is 2.25. The van der Waals surface area contributed by atoms with Gasteiger partial charge in [0, 0.05) is 6.07 Å². The van der Waals surface area contributed by atoms with Crippen LogP contribution in [0.1, 0.15) is 68.9 Å². The molecule has 23 heavy (non-hydrogen) atoms. The van der Waals surface area contributed by atoms with Crippen molar-refractivity contribution in [3.05, 3.63) is 29.3 Å². The van der Waals surface area contributed by atoms with E-state index in [0.717, 1.165) is 24.5 Å². The van der Waals surface area contributed by atoms with Crippen LogP contribution in [0.25, 0.3) is 0 Å². The Morgan fingerprint density at radius 1 is 1.30 bits per heavy atom. The molecule has 0 aromatic heterocycles. The van der Waals surface area contributed by atoms with Crippen LogP contribution in [0.4, 0.5) is 0 Å². The fraction of sp³-hybridized carbons (Fsp3) is 0.714. The lowest BCUT2D eigenvalue weighted by Gasteiger charge is -2.57. The summed E-state index contributed by atoms with van der Waals surface area (Å²) in [6.07, 6.45) is 9.48. The van der Waals surface area contributed by atoms with Crippen LogP contribution in [0.5, 0.6) is 5.75 Å². The Bertz CT molecular complexity index is 581. The van der Waals surface area contributed by atoms with Gasteiger partial charge in [-0.1, -0.05) is 13.3 Å². The van der Waals surface area contributed by atoms with Crippen molar-refractivity contribution in [1.82, 2.24) is 0 Å². The topological polar surface area (TPSA) is 29.5 Å². The SMILES string of the molecule is CC[C@]12CC[C@@H]3c4cc(OC)[c]cc4CC[C@H]3[C@@H]1CCCC2O. The van der Waals surface area contributed by atoms with Crippen LogP contribution in [0.3, 0.4) is 0 Å². The molecule has 2 fully saturated rings. The van der Waals surface area contributed by atoms with E-state index in [1.54, 1.807) is 7.11 Å². The Balaban J connectivity index is 1.71. The molecule has 0 bridgehead atoms. The summed E-state index contributed by atoms with van der Waals surface area (Å²) in [6.45, 7) is 2.30. The maximum Gasteiger partial charge on any atom is 0.127 e. The summed E-state index contributed by atoms with van der Waals surface area (Å²) < 4.78 is 5.43. The first kappa shape index (κ1) is 15.5. The lowest BCUT2D eigenvalue weighted by atomic mass is 9.48. The number of methoxy groups -OCH3 is 1. The highest BCUT2D eigenvalue weighted by atomic mass is 16.5. The van der Waals surface area contributed by atoms with E-state index in [9.17, 15) is 5.11 Å². The van der Waals surface area contributed by atoms with Gasteiger partial charge in [-0.3, -0.25) is 0 Å². The zero-order valence-corrected chi connectivity index (χ0v) is 14.5. The molecule has 0 heterocycles. The zero-order chi connectivity index (χ0) is 16.0. The summed E-state index contributed by atoms with van der Waals surface area (Å²) in [5.41, 5.74) is 3.19. The van der Waals surface area contributed by atoms with Crippen LogP contribution in [-0.2, 0) is 6.42 Å². The number of aryl methyl sites for hydroxylation is 1. The minimum absolute atomic E-state index is 0.0766. The molecule has 4 rings (SSSR count). The predicted molar refractivity (Wildman–Crippen MR) is 91.7 cm³/mol. The fourth-order valence-electron chi connectivity index (χ4n) is 6.25. The molecule has 1 aromatic rings. The Morgan fingerprint density at radius 2 is 2.17 bits per heavy atom. The second kappa shape index (κ2) is 5.81. The van der Waals surface area contributed by atoms with Crippen LogP contribution < -0.4 is 4.74 Å². The molecule has 1 aromatic carbocycles. The van der Waals surface area contributed by atoms with E-state index < -0.39 is 0 Å². The van der Waals surface area contributed by atoms with Gasteiger partial charge in [-0.15, -0.1) is 0 Å². The Hall–Kier alpha value is -1.02. The minimum atomic E-state index is -0.0766. The standard InChI is InChI=1S/C21H29O2/c1-3-21-12-11-16-17(19(21)5-4-6-20(21)22)10-8-14-7-9-15(23-2)13-18(14)16/h7,13,16-17,19-20,22H,3-6,8,10-12H2,1-2H3/t16-,17+,19-,20?,21-/m0/s1. The largest absolute Gasteiger partial charge is 0.496 e. The van der Waals surface area contributed by atoms with Crippen LogP contribution >= 0.6 is 0 Å². The third-order valence-corrected chi connectivity index (χ3v) is 7.42. The average molecular weight is 313 g/mol. The van der Waals surface area contributed by atoms with Crippen molar-refractivity contribution in [2.75, 3.05) is 7.11 Å². The van der Waals surface area contributed by atoms with Crippen LogP contribution in [0, 0.1) is 23.3 Å². The van der Waals surface area contributed by atoms with Crippen molar-refractivity contribution in [2.45, 2.75) is 70.3 Å². The molecule has 2 heteroatoms. The van der Waals surface area contributed by atoms with Crippen molar-refractivity contribution in [3.63, 3.8) is 0 Å². The van der Waals surface area contributed by atoms with Gasteiger partial charge in [0.25, 0.3) is 0 Å². The molecule has 125 valence electrons. The zero-order valence-electron chi connectivity index (χ0n) is 14.5. The number of benzene rings is 1. The summed E-state index contributed by atoms with van der Waals surface area (Å²) in [6, 6.07) is 7.66. The molecule has 3 aliphatic carbocycles. The number of fused-ring (bicyclic) bond motifs is 5. The van der Waals surface area contributed by atoms with Crippen molar-refractivity contribution in [2.24, 2.45) is 17.3 Å². The van der Waals surface area contributed by atoms with Crippen LogP contribution in [-0.4, -0.2) is 18.3 Å². The molecular weight excluding hydrogens is 284 g/mol. The fourth-order valence-corrected chi connectivity index (χ4v) is 6.25. The quantitative estimate of drug-likeness (QED) is 0.871. The van der Waals surface area contributed by atoms with Gasteiger partial charge >= 0.3 is 0 Å². The van der Waals surface area contributed by atoms with Crippen molar-refractivity contribution >= 4 is 0 Å². The lowest BCUT2D eigenvalue weighted by molar-refractivity contribution is -0.112. The highest BCUT2D eigenvalue weighted by Gasteiger charge is 2.54. The molecular formula is C21H29O2. The monoisotopic (exact) mass is 313 g/mol. The minimum Gasteiger partial charge on any atom is -0.496 e. The smallest absolute Gasteiger partial charge is 0.127 e. The van der Waals surface area contributed by atoms with Gasteiger partial charge in [-0.2, -0.15) is 0 Å². The van der Waals surface area contributed by atoms with E-state index in [0.29, 0.717) is 11.8 Å². The molecule has 5 atom stereocenters. The number of aliphatic hydroxyl groups is 1. The molecule has 0 spiro atoms. The molecule has 0 amide bonds. The third-order valence-electron chi connectivity index (χ3n) is 7.42. The second-order valence-corrected chi connectivity index (χ2v) is 7.97. The molecule has 0 saturated heterocycles. The number of rotatable bonds is 2. The summed E-state index contributed by atoms with van der Waals surface area (Å²) in [4.78, 5) is 0. The molecule has 2 nitrogen and oxygen atoms in total. The average Bonchev–Trinajstić information content (AvgIpc) is 2.61. The van der Waals surface area contributed by atoms with E-state index in [1.165, 1.54) is 49.7 Å². The molecule has 0 aliphatic heterocycles. The van der Waals surface area contributed by atoms with Gasteiger partial charge in [0.1, 0.15) is 5.75 Å². The van der Waals surface area contributed by atoms with E-state index >= 15 is 0 Å². The second-order valence-electron chi connectivity index (χ2n) is 7.97. The first-order valence-electron chi connectivity index (χ1n) is 9.46. The van der Waals surface area contributed by atoms with Gasteiger partial charge in [0.2, 0.25) is 0 Å². The lowest BCUT2D eigenvalue weighted by Crippen LogP contribution is -2.52. The van der Waals surface area contributed by atoms with Crippen LogP contribution in [0.15, 0.2) is 12.1 Å². The van der Waals surface area contributed by atoms with E-state index in [2.05, 4.69) is 25.1 Å². The molecule has 1 N–H and O–H groups in total. The Morgan fingerprint density at radius 3 is 2.96 bits per heavy atom. The van der Waals surface area contributed by atoms with Crippen molar-refractivity contribution in [1.29, 1.82) is 0 Å². The summed E-state index contributed by atoms with van der Waals surface area (Å²) in [7, 11) is 1.74. The maximum atomic E-state index is 10.8. The number of hydrogen-bond donors (Lipinski definition) is 1. The van der Waals surface area contributed by atoms with Gasteiger partial charge in [0.15, 0.2) is 0 Å².